The summed E-state index contributed by atoms with van der Waals surface area (Å²) in [5.41, 5.74) is 2.85. The highest BCUT2D eigenvalue weighted by atomic mass is 79.9. The van der Waals surface area contributed by atoms with Crippen LogP contribution in [0.3, 0.4) is 0 Å². The predicted octanol–water partition coefficient (Wildman–Crippen LogP) is 2.82. The van der Waals surface area contributed by atoms with Crippen LogP contribution in [0.2, 0.25) is 0 Å². The molecule has 0 aliphatic carbocycles. The molecular formula is C17H15BrN6O2. The first-order chi connectivity index (χ1) is 12.5. The first-order valence-corrected chi connectivity index (χ1v) is 8.55. The molecule has 0 aliphatic heterocycles. The van der Waals surface area contributed by atoms with E-state index in [1.165, 1.54) is 4.80 Å². The largest absolute Gasteiger partial charge is 0.394 e. The Kier molecular flexibility index (Phi) is 4.97. The molecule has 132 valence electrons. The highest BCUT2D eigenvalue weighted by Crippen LogP contribution is 2.32. The number of ketones is 1. The van der Waals surface area contributed by atoms with E-state index in [1.54, 1.807) is 19.1 Å². The van der Waals surface area contributed by atoms with E-state index in [-0.39, 0.29) is 30.6 Å². The standard InChI is InChI=1S/C17H15BrN6O2/c1-9-4-5-11(8-12(9)18)15(26)13-10(2)14(20-16(13)19-3)17-21-23-24(22-17)6-7-25/h4-5,8,20,25H,6-7H2,1-2H3. The summed E-state index contributed by atoms with van der Waals surface area (Å²) < 4.78 is 0.828. The van der Waals surface area contributed by atoms with Crippen LogP contribution in [0, 0.1) is 20.4 Å². The number of hydrogen-bond donors (Lipinski definition) is 2. The van der Waals surface area contributed by atoms with Crippen molar-refractivity contribution in [1.29, 1.82) is 0 Å². The highest BCUT2D eigenvalue weighted by molar-refractivity contribution is 9.10. The molecule has 26 heavy (non-hydrogen) atoms. The lowest BCUT2D eigenvalue weighted by Crippen LogP contribution is -2.05. The lowest BCUT2D eigenvalue weighted by molar-refractivity contribution is 0.103. The monoisotopic (exact) mass is 414 g/mol. The quantitative estimate of drug-likeness (QED) is 0.493. The summed E-state index contributed by atoms with van der Waals surface area (Å²) in [6.07, 6.45) is 0. The zero-order chi connectivity index (χ0) is 18.8. The van der Waals surface area contributed by atoms with Gasteiger partial charge in [-0.3, -0.25) is 4.79 Å². The molecule has 2 aromatic heterocycles. The molecule has 0 radical (unpaired) electrons. The second-order valence-corrected chi connectivity index (χ2v) is 6.54. The lowest BCUT2D eigenvalue weighted by atomic mass is 10.00. The van der Waals surface area contributed by atoms with E-state index in [2.05, 4.69) is 41.2 Å². The van der Waals surface area contributed by atoms with E-state index in [1.807, 2.05) is 13.0 Å². The van der Waals surface area contributed by atoms with Crippen molar-refractivity contribution in [3.8, 4) is 11.5 Å². The van der Waals surface area contributed by atoms with Gasteiger partial charge in [-0.25, -0.2) is 0 Å². The normalized spacial score (nSPS) is 10.7. The van der Waals surface area contributed by atoms with E-state index in [0.717, 1.165) is 10.0 Å². The molecule has 0 fully saturated rings. The summed E-state index contributed by atoms with van der Waals surface area (Å²) >= 11 is 3.43. The maximum absolute atomic E-state index is 13.0. The van der Waals surface area contributed by atoms with Gasteiger partial charge in [-0.1, -0.05) is 34.6 Å². The molecule has 0 saturated carbocycles. The maximum atomic E-state index is 13.0. The van der Waals surface area contributed by atoms with Crippen molar-refractivity contribution in [2.45, 2.75) is 20.4 Å². The number of aliphatic hydroxyl groups excluding tert-OH is 1. The van der Waals surface area contributed by atoms with Gasteiger partial charge in [0.1, 0.15) is 0 Å². The minimum Gasteiger partial charge on any atom is -0.394 e. The van der Waals surface area contributed by atoms with E-state index < -0.39 is 0 Å². The third-order valence-electron chi connectivity index (χ3n) is 3.98. The van der Waals surface area contributed by atoms with Gasteiger partial charge >= 0.3 is 0 Å². The van der Waals surface area contributed by atoms with Gasteiger partial charge in [0.2, 0.25) is 11.6 Å². The Labute approximate surface area is 157 Å². The van der Waals surface area contributed by atoms with Gasteiger partial charge < -0.3 is 14.9 Å². The van der Waals surface area contributed by atoms with Gasteiger partial charge in [-0.05, 0) is 30.7 Å². The number of rotatable bonds is 5. The Hall–Kier alpha value is -2.83. The van der Waals surface area contributed by atoms with Crippen LogP contribution in [0.15, 0.2) is 22.7 Å². The zero-order valence-electron chi connectivity index (χ0n) is 14.1. The average molecular weight is 415 g/mol. The minimum absolute atomic E-state index is 0.112. The number of H-pyrrole nitrogens is 1. The summed E-state index contributed by atoms with van der Waals surface area (Å²) in [5.74, 6) is 0.155. The molecule has 0 atom stereocenters. The third kappa shape index (κ3) is 3.16. The molecule has 0 saturated heterocycles. The second kappa shape index (κ2) is 7.19. The second-order valence-electron chi connectivity index (χ2n) is 5.69. The fourth-order valence-electron chi connectivity index (χ4n) is 2.57. The van der Waals surface area contributed by atoms with Gasteiger partial charge in [0, 0.05) is 15.6 Å². The van der Waals surface area contributed by atoms with Gasteiger partial charge in [-0.15, -0.1) is 10.2 Å². The molecule has 0 amide bonds. The highest BCUT2D eigenvalue weighted by Gasteiger charge is 2.25. The SMILES string of the molecule is [C-]#[N+]c1[nH]c(-c2nnn(CCO)n2)c(C)c1C(=O)c1ccc(C)c(Br)c1. The Morgan fingerprint density at radius 3 is 2.85 bits per heavy atom. The van der Waals surface area contributed by atoms with Crippen molar-refractivity contribution in [3.05, 3.63) is 56.3 Å². The van der Waals surface area contributed by atoms with Crippen molar-refractivity contribution in [2.24, 2.45) is 0 Å². The predicted molar refractivity (Wildman–Crippen MR) is 98.0 cm³/mol. The number of aromatic amines is 1. The fourth-order valence-corrected chi connectivity index (χ4v) is 2.95. The number of carbonyl (C=O) groups excluding carboxylic acids is 1. The molecule has 3 aromatic rings. The molecule has 8 nitrogen and oxygen atoms in total. The van der Waals surface area contributed by atoms with Crippen molar-refractivity contribution in [1.82, 2.24) is 25.2 Å². The van der Waals surface area contributed by atoms with Crippen LogP contribution in [-0.4, -0.2) is 42.7 Å². The molecule has 0 spiro atoms. The average Bonchev–Trinajstić information content (AvgIpc) is 3.21. The van der Waals surface area contributed by atoms with Crippen LogP contribution < -0.4 is 0 Å². The summed E-state index contributed by atoms with van der Waals surface area (Å²) in [7, 11) is 0. The van der Waals surface area contributed by atoms with E-state index in [9.17, 15) is 4.79 Å². The number of aliphatic hydroxyl groups is 1. The third-order valence-corrected chi connectivity index (χ3v) is 4.83. The summed E-state index contributed by atoms with van der Waals surface area (Å²) in [6, 6.07) is 5.32. The van der Waals surface area contributed by atoms with Crippen molar-refractivity contribution >= 4 is 27.5 Å². The molecular weight excluding hydrogens is 400 g/mol. The molecule has 1 aromatic carbocycles. The molecule has 0 aliphatic rings. The van der Waals surface area contributed by atoms with Gasteiger partial charge in [0.15, 0.2) is 11.5 Å². The number of halogens is 1. The molecule has 9 heteroatoms. The summed E-state index contributed by atoms with van der Waals surface area (Å²) in [4.78, 5) is 20.6. The topological polar surface area (TPSA) is 101 Å². The molecule has 2 N–H and O–H groups in total. The summed E-state index contributed by atoms with van der Waals surface area (Å²) in [6.45, 7) is 11.2. The number of aryl methyl sites for hydroxylation is 1. The zero-order valence-corrected chi connectivity index (χ0v) is 15.7. The first kappa shape index (κ1) is 18.0. The van der Waals surface area contributed by atoms with Crippen LogP contribution in [0.1, 0.15) is 27.0 Å². The number of benzene rings is 1. The number of nitrogens with one attached hydrogen (secondary N) is 1. The van der Waals surface area contributed by atoms with Gasteiger partial charge in [0.05, 0.1) is 18.7 Å². The van der Waals surface area contributed by atoms with Crippen LogP contribution >= 0.6 is 15.9 Å². The van der Waals surface area contributed by atoms with Gasteiger partial charge in [-0.2, -0.15) is 4.80 Å². The van der Waals surface area contributed by atoms with E-state index in [0.29, 0.717) is 22.4 Å². The van der Waals surface area contributed by atoms with Gasteiger partial charge in [0.25, 0.3) is 0 Å². The fraction of sp³-hybridized carbons (Fsp3) is 0.235. The van der Waals surface area contributed by atoms with Crippen LogP contribution in [0.25, 0.3) is 16.4 Å². The number of nitrogens with zero attached hydrogens (tertiary/aromatic N) is 5. The van der Waals surface area contributed by atoms with Crippen LogP contribution in [-0.2, 0) is 6.54 Å². The van der Waals surface area contributed by atoms with Crippen molar-refractivity contribution < 1.29 is 9.90 Å². The van der Waals surface area contributed by atoms with Crippen molar-refractivity contribution in [3.63, 3.8) is 0 Å². The number of carbonyl (C=O) groups is 1. The number of tetrazole rings is 1. The Bertz CT molecular complexity index is 1030. The van der Waals surface area contributed by atoms with Crippen LogP contribution in [0.5, 0.6) is 0 Å². The Morgan fingerprint density at radius 2 is 2.19 bits per heavy atom. The van der Waals surface area contributed by atoms with E-state index >= 15 is 0 Å². The first-order valence-electron chi connectivity index (χ1n) is 7.76. The Morgan fingerprint density at radius 1 is 1.42 bits per heavy atom. The minimum atomic E-state index is -0.251. The molecule has 2 heterocycles. The molecule has 0 unspecified atom stereocenters. The van der Waals surface area contributed by atoms with E-state index in [4.69, 9.17) is 11.7 Å². The Balaban J connectivity index is 2.07. The smallest absolute Gasteiger partial charge is 0.242 e. The maximum Gasteiger partial charge on any atom is 0.242 e. The van der Waals surface area contributed by atoms with Crippen molar-refractivity contribution in [2.75, 3.05) is 6.61 Å². The van der Waals surface area contributed by atoms with Crippen LogP contribution in [0.4, 0.5) is 5.82 Å². The molecule has 0 bridgehead atoms. The number of aromatic nitrogens is 5. The lowest BCUT2D eigenvalue weighted by Gasteiger charge is -2.04. The number of hydrogen-bond acceptors (Lipinski definition) is 5. The summed E-state index contributed by atoms with van der Waals surface area (Å²) in [5, 5.41) is 20.9. The molecule has 3 rings (SSSR count).